The molecule has 1 aliphatic carbocycles. The predicted molar refractivity (Wildman–Crippen MR) is 80.6 cm³/mol. The maximum atomic E-state index is 5.98. The summed E-state index contributed by atoms with van der Waals surface area (Å²) in [4.78, 5) is 0. The summed E-state index contributed by atoms with van der Waals surface area (Å²) in [6.07, 6.45) is 2.59. The predicted octanol–water partition coefficient (Wildman–Crippen LogP) is 4.00. The molecule has 2 aromatic rings. The first-order chi connectivity index (χ1) is 9.53. The zero-order valence-electron chi connectivity index (χ0n) is 12.5. The van der Waals surface area contributed by atoms with Crippen LogP contribution in [0.25, 0.3) is 11.0 Å². The van der Waals surface area contributed by atoms with Gasteiger partial charge in [0.2, 0.25) is 0 Å². The van der Waals surface area contributed by atoms with Gasteiger partial charge in [-0.3, -0.25) is 0 Å². The van der Waals surface area contributed by atoms with Gasteiger partial charge in [0.25, 0.3) is 0 Å². The SMILES string of the molecule is CC(C)(C)OCc1oc2ccccc2c1CNC1CC1. The summed E-state index contributed by atoms with van der Waals surface area (Å²) in [5.74, 6) is 0.953. The number of rotatable bonds is 5. The smallest absolute Gasteiger partial charge is 0.135 e. The van der Waals surface area contributed by atoms with Crippen molar-refractivity contribution in [3.8, 4) is 0 Å². The number of para-hydroxylation sites is 1. The van der Waals surface area contributed by atoms with Crippen LogP contribution in [-0.4, -0.2) is 11.6 Å². The van der Waals surface area contributed by atoms with Gasteiger partial charge in [-0.1, -0.05) is 18.2 Å². The summed E-state index contributed by atoms with van der Waals surface area (Å²) < 4.78 is 11.9. The van der Waals surface area contributed by atoms with Gasteiger partial charge in [0.15, 0.2) is 0 Å². The first-order valence-electron chi connectivity index (χ1n) is 7.39. The molecule has 1 saturated carbocycles. The number of fused-ring (bicyclic) bond motifs is 1. The molecule has 1 aromatic carbocycles. The van der Waals surface area contributed by atoms with Crippen molar-refractivity contribution in [3.05, 3.63) is 35.6 Å². The number of nitrogens with one attached hydrogen (secondary N) is 1. The molecule has 0 amide bonds. The molecule has 3 nitrogen and oxygen atoms in total. The van der Waals surface area contributed by atoms with Gasteiger partial charge >= 0.3 is 0 Å². The van der Waals surface area contributed by atoms with Crippen molar-refractivity contribution < 1.29 is 9.15 Å². The lowest BCUT2D eigenvalue weighted by molar-refractivity contribution is -0.0223. The van der Waals surface area contributed by atoms with E-state index in [9.17, 15) is 0 Å². The number of hydrogen-bond donors (Lipinski definition) is 1. The van der Waals surface area contributed by atoms with Gasteiger partial charge in [0.1, 0.15) is 18.0 Å². The van der Waals surface area contributed by atoms with Crippen molar-refractivity contribution in [2.45, 2.75) is 58.4 Å². The standard InChI is InChI=1S/C17H23NO2/c1-17(2,3)19-11-16-14(10-18-12-8-9-12)13-6-4-5-7-15(13)20-16/h4-7,12,18H,8-11H2,1-3H3. The largest absolute Gasteiger partial charge is 0.458 e. The van der Waals surface area contributed by atoms with Gasteiger partial charge in [-0.25, -0.2) is 0 Å². The van der Waals surface area contributed by atoms with E-state index in [0.29, 0.717) is 12.6 Å². The lowest BCUT2D eigenvalue weighted by Crippen LogP contribution is -2.20. The molecule has 0 unspecified atom stereocenters. The molecule has 0 bridgehead atoms. The highest BCUT2D eigenvalue weighted by Crippen LogP contribution is 2.28. The first-order valence-corrected chi connectivity index (χ1v) is 7.39. The summed E-state index contributed by atoms with van der Waals surface area (Å²) in [6.45, 7) is 7.59. The summed E-state index contributed by atoms with van der Waals surface area (Å²) in [5, 5.41) is 4.78. The van der Waals surface area contributed by atoms with Crippen molar-refractivity contribution in [3.63, 3.8) is 0 Å². The van der Waals surface area contributed by atoms with Crippen LogP contribution in [0.4, 0.5) is 0 Å². The number of furan rings is 1. The normalized spacial score (nSPS) is 15.9. The molecular formula is C17H23NO2. The fraction of sp³-hybridized carbons (Fsp3) is 0.529. The van der Waals surface area contributed by atoms with Crippen LogP contribution < -0.4 is 5.32 Å². The van der Waals surface area contributed by atoms with Crippen molar-refractivity contribution in [1.29, 1.82) is 0 Å². The van der Waals surface area contributed by atoms with E-state index < -0.39 is 0 Å². The average molecular weight is 273 g/mol. The summed E-state index contributed by atoms with van der Waals surface area (Å²) in [7, 11) is 0. The molecule has 0 saturated heterocycles. The Kier molecular flexibility index (Phi) is 3.57. The number of hydrogen-bond acceptors (Lipinski definition) is 3. The molecule has 1 aliphatic rings. The van der Waals surface area contributed by atoms with Crippen LogP contribution in [0.1, 0.15) is 44.9 Å². The fourth-order valence-electron chi connectivity index (χ4n) is 2.28. The minimum Gasteiger partial charge on any atom is -0.458 e. The van der Waals surface area contributed by atoms with E-state index in [1.165, 1.54) is 23.8 Å². The molecule has 1 heterocycles. The van der Waals surface area contributed by atoms with Crippen LogP contribution in [0, 0.1) is 0 Å². The lowest BCUT2D eigenvalue weighted by Gasteiger charge is -2.19. The Balaban J connectivity index is 1.85. The van der Waals surface area contributed by atoms with Crippen LogP contribution in [0.2, 0.25) is 0 Å². The van der Waals surface area contributed by atoms with E-state index in [0.717, 1.165) is 17.9 Å². The van der Waals surface area contributed by atoms with Crippen molar-refractivity contribution in [1.82, 2.24) is 5.32 Å². The molecule has 108 valence electrons. The Hall–Kier alpha value is -1.32. The second-order valence-corrected chi connectivity index (χ2v) is 6.56. The Bertz CT molecular complexity index is 591. The van der Waals surface area contributed by atoms with Gasteiger partial charge in [-0.2, -0.15) is 0 Å². The second-order valence-electron chi connectivity index (χ2n) is 6.56. The minimum atomic E-state index is -0.153. The van der Waals surface area contributed by atoms with Gasteiger partial charge in [-0.05, 0) is 39.7 Å². The maximum Gasteiger partial charge on any atom is 0.135 e. The monoisotopic (exact) mass is 273 g/mol. The molecule has 0 radical (unpaired) electrons. The first kappa shape index (κ1) is 13.7. The summed E-state index contributed by atoms with van der Waals surface area (Å²) >= 11 is 0. The molecule has 1 aromatic heterocycles. The van der Waals surface area contributed by atoms with Gasteiger partial charge in [-0.15, -0.1) is 0 Å². The zero-order chi connectivity index (χ0) is 14.2. The molecule has 20 heavy (non-hydrogen) atoms. The average Bonchev–Trinajstić information content (AvgIpc) is 3.14. The number of ether oxygens (including phenoxy) is 1. The Morgan fingerprint density at radius 2 is 2.00 bits per heavy atom. The van der Waals surface area contributed by atoms with Crippen LogP contribution in [0.5, 0.6) is 0 Å². The molecule has 1 N–H and O–H groups in total. The Labute approximate surface area is 120 Å². The van der Waals surface area contributed by atoms with Gasteiger partial charge < -0.3 is 14.5 Å². The Morgan fingerprint density at radius 3 is 2.70 bits per heavy atom. The summed E-state index contributed by atoms with van der Waals surface area (Å²) in [6, 6.07) is 8.92. The lowest BCUT2D eigenvalue weighted by atomic mass is 10.1. The fourth-order valence-corrected chi connectivity index (χ4v) is 2.28. The molecular weight excluding hydrogens is 250 g/mol. The zero-order valence-corrected chi connectivity index (χ0v) is 12.5. The minimum absolute atomic E-state index is 0.153. The Morgan fingerprint density at radius 1 is 1.25 bits per heavy atom. The molecule has 0 atom stereocenters. The van der Waals surface area contributed by atoms with Crippen molar-refractivity contribution >= 4 is 11.0 Å². The second kappa shape index (κ2) is 5.23. The molecule has 1 fully saturated rings. The maximum absolute atomic E-state index is 5.98. The third kappa shape index (κ3) is 3.22. The summed E-state index contributed by atoms with van der Waals surface area (Å²) in [5.41, 5.74) is 2.05. The highest BCUT2D eigenvalue weighted by molar-refractivity contribution is 5.82. The van der Waals surface area contributed by atoms with Gasteiger partial charge in [0.05, 0.1) is 5.60 Å². The highest BCUT2D eigenvalue weighted by Gasteiger charge is 2.23. The highest BCUT2D eigenvalue weighted by atomic mass is 16.5. The van der Waals surface area contributed by atoms with E-state index in [-0.39, 0.29) is 5.60 Å². The molecule has 3 rings (SSSR count). The van der Waals surface area contributed by atoms with Crippen molar-refractivity contribution in [2.75, 3.05) is 0 Å². The van der Waals surface area contributed by atoms with Crippen LogP contribution in [-0.2, 0) is 17.9 Å². The van der Waals surface area contributed by atoms with Crippen LogP contribution in [0.15, 0.2) is 28.7 Å². The van der Waals surface area contributed by atoms with Crippen molar-refractivity contribution in [2.24, 2.45) is 0 Å². The van der Waals surface area contributed by atoms with E-state index in [1.54, 1.807) is 0 Å². The molecule has 0 aliphatic heterocycles. The van der Waals surface area contributed by atoms with E-state index in [2.05, 4.69) is 38.2 Å². The number of benzene rings is 1. The van der Waals surface area contributed by atoms with E-state index in [1.807, 2.05) is 12.1 Å². The van der Waals surface area contributed by atoms with E-state index >= 15 is 0 Å². The third-order valence-corrected chi connectivity index (χ3v) is 3.56. The molecule has 0 spiro atoms. The van der Waals surface area contributed by atoms with E-state index in [4.69, 9.17) is 9.15 Å². The quantitative estimate of drug-likeness (QED) is 0.894. The van der Waals surface area contributed by atoms with Crippen LogP contribution >= 0.6 is 0 Å². The van der Waals surface area contributed by atoms with Crippen LogP contribution in [0.3, 0.4) is 0 Å². The molecule has 3 heteroatoms. The van der Waals surface area contributed by atoms with Gasteiger partial charge in [0, 0.05) is 23.5 Å². The topological polar surface area (TPSA) is 34.4 Å². The third-order valence-electron chi connectivity index (χ3n) is 3.56.